The number of nitrogen functional groups attached to an aromatic ring is 1. The lowest BCUT2D eigenvalue weighted by atomic mass is 9.93. The van der Waals surface area contributed by atoms with E-state index < -0.39 is 21.4 Å². The second kappa shape index (κ2) is 6.05. The topological polar surface area (TPSA) is 102 Å². The molecule has 0 radical (unpaired) electrons. The summed E-state index contributed by atoms with van der Waals surface area (Å²) >= 11 is 5.79. The van der Waals surface area contributed by atoms with Gasteiger partial charge in [-0.25, -0.2) is 17.5 Å². The van der Waals surface area contributed by atoms with Gasteiger partial charge in [0.15, 0.2) is 0 Å². The van der Waals surface area contributed by atoms with Crippen molar-refractivity contribution in [3.05, 3.63) is 23.0 Å². The van der Waals surface area contributed by atoms with E-state index in [9.17, 15) is 17.9 Å². The van der Waals surface area contributed by atoms with Gasteiger partial charge in [-0.2, -0.15) is 0 Å². The van der Waals surface area contributed by atoms with Crippen LogP contribution in [0.15, 0.2) is 17.0 Å². The minimum Gasteiger partial charge on any atom is -0.396 e. The Labute approximate surface area is 127 Å². The summed E-state index contributed by atoms with van der Waals surface area (Å²) in [5.74, 6) is -0.790. The molecule has 0 atom stereocenters. The van der Waals surface area contributed by atoms with Gasteiger partial charge >= 0.3 is 0 Å². The number of rotatable bonds is 4. The van der Waals surface area contributed by atoms with Gasteiger partial charge in [-0.05, 0) is 25.0 Å². The largest absolute Gasteiger partial charge is 0.396 e. The molecule has 0 unspecified atom stereocenters. The Kier molecular flexibility index (Phi) is 4.74. The predicted octanol–water partition coefficient (Wildman–Crippen LogP) is 0.881. The number of anilines is 1. The van der Waals surface area contributed by atoms with Crippen LogP contribution in [0.5, 0.6) is 0 Å². The number of ether oxygens (including phenoxy) is 1. The highest BCUT2D eigenvalue weighted by atomic mass is 35.5. The van der Waals surface area contributed by atoms with E-state index in [2.05, 4.69) is 4.72 Å². The maximum Gasteiger partial charge on any atom is 0.242 e. The number of hydrogen-bond donors (Lipinski definition) is 3. The molecule has 9 heteroatoms. The summed E-state index contributed by atoms with van der Waals surface area (Å²) in [6.07, 6.45) is 0.661. The minimum atomic E-state index is -4.04. The summed E-state index contributed by atoms with van der Waals surface area (Å²) < 4.78 is 45.7. The molecule has 0 aliphatic carbocycles. The van der Waals surface area contributed by atoms with Crippen LogP contribution < -0.4 is 10.5 Å². The maximum absolute atomic E-state index is 13.3. The van der Waals surface area contributed by atoms with Gasteiger partial charge in [0.25, 0.3) is 0 Å². The highest BCUT2D eigenvalue weighted by Crippen LogP contribution is 2.29. The van der Waals surface area contributed by atoms with E-state index in [1.165, 1.54) is 0 Å². The Morgan fingerprint density at radius 3 is 2.62 bits per heavy atom. The molecule has 1 aliphatic rings. The monoisotopic (exact) mass is 338 g/mol. The molecule has 0 amide bonds. The van der Waals surface area contributed by atoms with Crippen molar-refractivity contribution in [2.75, 3.05) is 25.6 Å². The van der Waals surface area contributed by atoms with Crippen LogP contribution in [-0.2, 0) is 14.8 Å². The lowest BCUT2D eigenvalue weighted by Crippen LogP contribution is -2.54. The van der Waals surface area contributed by atoms with Gasteiger partial charge in [0, 0.05) is 13.2 Å². The number of nitrogens with one attached hydrogen (secondary N) is 1. The normalized spacial score (nSPS) is 18.6. The van der Waals surface area contributed by atoms with Gasteiger partial charge in [-0.1, -0.05) is 11.6 Å². The van der Waals surface area contributed by atoms with E-state index in [4.69, 9.17) is 22.1 Å². The van der Waals surface area contributed by atoms with Crippen molar-refractivity contribution in [3.63, 3.8) is 0 Å². The van der Waals surface area contributed by atoms with Gasteiger partial charge in [0.1, 0.15) is 10.7 Å². The van der Waals surface area contributed by atoms with Crippen LogP contribution in [0.25, 0.3) is 0 Å². The molecule has 0 bridgehead atoms. The average molecular weight is 339 g/mol. The van der Waals surface area contributed by atoms with Crippen LogP contribution in [0.1, 0.15) is 12.8 Å². The summed E-state index contributed by atoms with van der Waals surface area (Å²) in [5, 5.41) is 9.25. The third-order valence-corrected chi connectivity index (χ3v) is 5.49. The summed E-state index contributed by atoms with van der Waals surface area (Å²) in [5.41, 5.74) is 4.06. The first-order valence-electron chi connectivity index (χ1n) is 6.27. The molecule has 1 saturated heterocycles. The van der Waals surface area contributed by atoms with E-state index in [-0.39, 0.29) is 22.2 Å². The van der Waals surface area contributed by atoms with Crippen LogP contribution in [0, 0.1) is 5.82 Å². The smallest absolute Gasteiger partial charge is 0.242 e. The standard InChI is InChI=1S/C12H16ClFN2O4S/c13-8-5-9(14)10(15)6-11(8)21(18,19)16-12(7-17)1-3-20-4-2-12/h5-6,16-17H,1-4,7,15H2. The lowest BCUT2D eigenvalue weighted by Gasteiger charge is -2.35. The van der Waals surface area contributed by atoms with Crippen molar-refractivity contribution in [2.24, 2.45) is 0 Å². The van der Waals surface area contributed by atoms with Crippen LogP contribution in [0.3, 0.4) is 0 Å². The van der Waals surface area contributed by atoms with Gasteiger partial charge in [0.05, 0.1) is 22.9 Å². The first kappa shape index (κ1) is 16.4. The highest BCUT2D eigenvalue weighted by molar-refractivity contribution is 7.89. The molecule has 2 rings (SSSR count). The number of benzene rings is 1. The van der Waals surface area contributed by atoms with E-state index in [1.54, 1.807) is 0 Å². The van der Waals surface area contributed by atoms with E-state index >= 15 is 0 Å². The van der Waals surface area contributed by atoms with Crippen LogP contribution in [-0.4, -0.2) is 38.9 Å². The Morgan fingerprint density at radius 1 is 1.43 bits per heavy atom. The molecule has 0 saturated carbocycles. The third-order valence-electron chi connectivity index (χ3n) is 3.44. The molecule has 4 N–H and O–H groups in total. The Balaban J connectivity index is 2.36. The van der Waals surface area contributed by atoms with Gasteiger partial charge < -0.3 is 15.6 Å². The number of sulfonamides is 1. The number of aliphatic hydroxyl groups excluding tert-OH is 1. The maximum atomic E-state index is 13.3. The molecular formula is C12H16ClFN2O4S. The van der Waals surface area contributed by atoms with Crippen molar-refractivity contribution in [2.45, 2.75) is 23.3 Å². The summed E-state index contributed by atoms with van der Waals surface area (Å²) in [7, 11) is -4.04. The SMILES string of the molecule is Nc1cc(S(=O)(=O)NC2(CO)CCOCC2)c(Cl)cc1F. The number of halogens is 2. The van der Waals surface area contributed by atoms with E-state index in [1.807, 2.05) is 0 Å². The Bertz CT molecular complexity index is 632. The van der Waals surface area contributed by atoms with Gasteiger partial charge in [-0.3, -0.25) is 0 Å². The summed E-state index contributed by atoms with van der Waals surface area (Å²) in [6.45, 7) is 0.300. The van der Waals surface area contributed by atoms with Crippen molar-refractivity contribution >= 4 is 27.3 Å². The second-order valence-corrected chi connectivity index (χ2v) is 7.02. The van der Waals surface area contributed by atoms with Crippen molar-refractivity contribution < 1.29 is 22.7 Å². The Morgan fingerprint density at radius 2 is 2.05 bits per heavy atom. The van der Waals surface area contributed by atoms with Gasteiger partial charge in [-0.15, -0.1) is 0 Å². The third kappa shape index (κ3) is 3.46. The zero-order chi connectivity index (χ0) is 15.7. The second-order valence-electron chi connectivity index (χ2n) is 4.96. The van der Waals surface area contributed by atoms with Crippen LogP contribution >= 0.6 is 11.6 Å². The fourth-order valence-electron chi connectivity index (χ4n) is 2.15. The molecule has 21 heavy (non-hydrogen) atoms. The molecule has 1 aliphatic heterocycles. The molecule has 1 aromatic carbocycles. The minimum absolute atomic E-state index is 0.269. The summed E-state index contributed by atoms with van der Waals surface area (Å²) in [4.78, 5) is -0.317. The zero-order valence-corrected chi connectivity index (χ0v) is 12.7. The highest BCUT2D eigenvalue weighted by Gasteiger charge is 2.37. The Hall–Kier alpha value is -0.930. The summed E-state index contributed by atoms with van der Waals surface area (Å²) in [6, 6.07) is 1.81. The first-order valence-corrected chi connectivity index (χ1v) is 8.13. The predicted molar refractivity (Wildman–Crippen MR) is 76.0 cm³/mol. The van der Waals surface area contributed by atoms with E-state index in [0.717, 1.165) is 12.1 Å². The van der Waals surface area contributed by atoms with Crippen LogP contribution in [0.4, 0.5) is 10.1 Å². The number of nitrogens with two attached hydrogens (primary N) is 1. The van der Waals surface area contributed by atoms with Crippen molar-refractivity contribution in [1.29, 1.82) is 0 Å². The lowest BCUT2D eigenvalue weighted by molar-refractivity contribution is 0.0223. The van der Waals surface area contributed by atoms with E-state index in [0.29, 0.717) is 26.1 Å². The molecule has 0 spiro atoms. The molecule has 1 fully saturated rings. The quantitative estimate of drug-likeness (QED) is 0.707. The van der Waals surface area contributed by atoms with Crippen molar-refractivity contribution in [3.8, 4) is 0 Å². The number of hydrogen-bond acceptors (Lipinski definition) is 5. The number of aliphatic hydroxyl groups is 1. The first-order chi connectivity index (χ1) is 9.80. The molecule has 0 aromatic heterocycles. The molecule has 1 heterocycles. The van der Waals surface area contributed by atoms with Crippen LogP contribution in [0.2, 0.25) is 5.02 Å². The van der Waals surface area contributed by atoms with Gasteiger partial charge in [0.2, 0.25) is 10.0 Å². The molecule has 118 valence electrons. The fourth-order valence-corrected chi connectivity index (χ4v) is 4.15. The van der Waals surface area contributed by atoms with Crippen molar-refractivity contribution in [1.82, 2.24) is 4.72 Å². The average Bonchev–Trinajstić information content (AvgIpc) is 2.43. The fraction of sp³-hybridized carbons (Fsp3) is 0.500. The molecule has 6 nitrogen and oxygen atoms in total. The molecular weight excluding hydrogens is 323 g/mol. The zero-order valence-electron chi connectivity index (χ0n) is 11.1. The molecule has 1 aromatic rings.